The van der Waals surface area contributed by atoms with E-state index in [-0.39, 0.29) is 5.25 Å². The first-order valence-electron chi connectivity index (χ1n) is 4.23. The van der Waals surface area contributed by atoms with Gasteiger partial charge in [-0.1, -0.05) is 6.07 Å². The first kappa shape index (κ1) is 10.9. The van der Waals surface area contributed by atoms with Gasteiger partial charge in [0, 0.05) is 4.90 Å². The minimum atomic E-state index is -0.0931. The number of hydrogen-bond acceptors (Lipinski definition) is 4. The number of rotatable bonds is 4. The van der Waals surface area contributed by atoms with Gasteiger partial charge in [-0.05, 0) is 19.1 Å². The van der Waals surface area contributed by atoms with E-state index >= 15 is 0 Å². The highest BCUT2D eigenvalue weighted by Gasteiger charge is 2.08. The average molecular weight is 211 g/mol. The maximum atomic E-state index is 10.5. The number of aldehydes is 1. The van der Waals surface area contributed by atoms with Gasteiger partial charge in [-0.25, -0.2) is 0 Å². The second-order valence-electron chi connectivity index (χ2n) is 2.83. The smallest absolute Gasteiger partial charge is 0.142 e. The highest BCUT2D eigenvalue weighted by Crippen LogP contribution is 2.33. The molecule has 3 nitrogen and oxygen atoms in total. The van der Waals surface area contributed by atoms with Crippen LogP contribution in [0.4, 0.5) is 5.69 Å². The van der Waals surface area contributed by atoms with E-state index in [2.05, 4.69) is 0 Å². The van der Waals surface area contributed by atoms with Gasteiger partial charge in [0.2, 0.25) is 0 Å². The second kappa shape index (κ2) is 4.91. The Bertz CT molecular complexity index is 328. The molecule has 1 atom stereocenters. The molecule has 14 heavy (non-hydrogen) atoms. The van der Waals surface area contributed by atoms with E-state index in [1.165, 1.54) is 11.8 Å². The van der Waals surface area contributed by atoms with Gasteiger partial charge in [0.1, 0.15) is 12.0 Å². The van der Waals surface area contributed by atoms with Gasteiger partial charge >= 0.3 is 0 Å². The number of hydrogen-bond donors (Lipinski definition) is 1. The lowest BCUT2D eigenvalue weighted by atomic mass is 10.3. The molecule has 1 aromatic rings. The van der Waals surface area contributed by atoms with Crippen molar-refractivity contribution in [2.45, 2.75) is 17.1 Å². The molecule has 0 amide bonds. The quantitative estimate of drug-likeness (QED) is 0.470. The number of ether oxygens (including phenoxy) is 1. The number of benzene rings is 1. The summed E-state index contributed by atoms with van der Waals surface area (Å²) in [5, 5.41) is -0.0931. The molecule has 0 heterocycles. The molecule has 2 N–H and O–H groups in total. The Morgan fingerprint density at radius 3 is 2.86 bits per heavy atom. The average Bonchev–Trinajstić information content (AvgIpc) is 2.21. The van der Waals surface area contributed by atoms with E-state index < -0.39 is 0 Å². The number of methoxy groups -OCH3 is 1. The Labute approximate surface area is 87.6 Å². The summed E-state index contributed by atoms with van der Waals surface area (Å²) in [6.07, 6.45) is 0.892. The number of thioether (sulfide) groups is 1. The third-order valence-corrected chi connectivity index (χ3v) is 2.84. The van der Waals surface area contributed by atoms with E-state index in [0.29, 0.717) is 11.4 Å². The molecule has 0 fully saturated rings. The van der Waals surface area contributed by atoms with E-state index in [9.17, 15) is 4.79 Å². The van der Waals surface area contributed by atoms with Gasteiger partial charge < -0.3 is 15.3 Å². The molecule has 0 saturated carbocycles. The minimum absolute atomic E-state index is 0.0931. The first-order chi connectivity index (χ1) is 6.69. The van der Waals surface area contributed by atoms with Crippen LogP contribution in [0.25, 0.3) is 0 Å². The second-order valence-corrected chi connectivity index (χ2v) is 4.25. The summed E-state index contributed by atoms with van der Waals surface area (Å²) in [4.78, 5) is 11.4. The third-order valence-electron chi connectivity index (χ3n) is 1.75. The van der Waals surface area contributed by atoms with Crippen LogP contribution in [0.3, 0.4) is 0 Å². The van der Waals surface area contributed by atoms with Crippen LogP contribution in [-0.2, 0) is 4.79 Å². The van der Waals surface area contributed by atoms with Gasteiger partial charge in [0.15, 0.2) is 0 Å². The Balaban J connectivity index is 2.91. The maximum Gasteiger partial charge on any atom is 0.142 e. The lowest BCUT2D eigenvalue weighted by Crippen LogP contribution is -1.99. The van der Waals surface area contributed by atoms with Crippen molar-refractivity contribution >= 4 is 23.7 Å². The predicted octanol–water partition coefficient (Wildman–Crippen LogP) is 1.96. The van der Waals surface area contributed by atoms with Crippen LogP contribution in [0.1, 0.15) is 6.92 Å². The Morgan fingerprint density at radius 2 is 2.29 bits per heavy atom. The normalized spacial score (nSPS) is 12.1. The monoisotopic (exact) mass is 211 g/mol. The van der Waals surface area contributed by atoms with Gasteiger partial charge in [0.05, 0.1) is 18.0 Å². The zero-order chi connectivity index (χ0) is 10.6. The van der Waals surface area contributed by atoms with E-state index in [4.69, 9.17) is 10.5 Å². The molecule has 0 spiro atoms. The van der Waals surface area contributed by atoms with Crippen molar-refractivity contribution in [2.24, 2.45) is 0 Å². The van der Waals surface area contributed by atoms with Crippen molar-refractivity contribution in [3.63, 3.8) is 0 Å². The summed E-state index contributed by atoms with van der Waals surface area (Å²) >= 11 is 1.43. The summed E-state index contributed by atoms with van der Waals surface area (Å²) in [7, 11) is 1.57. The number of carbonyl (C=O) groups excluding carboxylic acids is 1. The first-order valence-corrected chi connectivity index (χ1v) is 5.11. The summed E-state index contributed by atoms with van der Waals surface area (Å²) in [6.45, 7) is 1.83. The van der Waals surface area contributed by atoms with E-state index in [1.807, 2.05) is 19.1 Å². The highest BCUT2D eigenvalue weighted by atomic mass is 32.2. The SMILES string of the molecule is COc1cccc(SC(C)C=O)c1N. The van der Waals surface area contributed by atoms with Gasteiger partial charge in [-0.15, -0.1) is 11.8 Å². The van der Waals surface area contributed by atoms with Crippen LogP contribution < -0.4 is 10.5 Å². The molecule has 0 bridgehead atoms. The van der Waals surface area contributed by atoms with Crippen molar-refractivity contribution in [3.05, 3.63) is 18.2 Å². The van der Waals surface area contributed by atoms with Crippen LogP contribution in [0.15, 0.2) is 23.1 Å². The molecule has 0 aliphatic heterocycles. The van der Waals surface area contributed by atoms with Crippen LogP contribution >= 0.6 is 11.8 Å². The van der Waals surface area contributed by atoms with Crippen molar-refractivity contribution in [1.29, 1.82) is 0 Å². The van der Waals surface area contributed by atoms with Crippen LogP contribution in [0.5, 0.6) is 5.75 Å². The van der Waals surface area contributed by atoms with Crippen molar-refractivity contribution in [1.82, 2.24) is 0 Å². The van der Waals surface area contributed by atoms with E-state index in [0.717, 1.165) is 11.2 Å². The van der Waals surface area contributed by atoms with Crippen molar-refractivity contribution in [3.8, 4) is 5.75 Å². The van der Waals surface area contributed by atoms with Crippen LogP contribution in [-0.4, -0.2) is 18.6 Å². The Kier molecular flexibility index (Phi) is 3.83. The van der Waals surface area contributed by atoms with E-state index in [1.54, 1.807) is 13.2 Å². The molecule has 0 aliphatic rings. The lowest BCUT2D eigenvalue weighted by Gasteiger charge is -2.10. The fraction of sp³-hybridized carbons (Fsp3) is 0.300. The van der Waals surface area contributed by atoms with Crippen LogP contribution in [0, 0.1) is 0 Å². The number of para-hydroxylation sites is 1. The molecular formula is C10H13NO2S. The molecule has 0 aliphatic carbocycles. The zero-order valence-corrected chi connectivity index (χ0v) is 9.01. The van der Waals surface area contributed by atoms with Crippen LogP contribution in [0.2, 0.25) is 0 Å². The standard InChI is InChI=1S/C10H13NO2S/c1-7(6-12)14-9-5-3-4-8(13-2)10(9)11/h3-7H,11H2,1-2H3. The largest absolute Gasteiger partial charge is 0.495 e. The van der Waals surface area contributed by atoms with Crippen molar-refractivity contribution in [2.75, 3.05) is 12.8 Å². The summed E-state index contributed by atoms with van der Waals surface area (Å²) in [5.74, 6) is 0.646. The molecule has 76 valence electrons. The van der Waals surface area contributed by atoms with Gasteiger partial charge in [-0.3, -0.25) is 0 Å². The minimum Gasteiger partial charge on any atom is -0.495 e. The summed E-state index contributed by atoms with van der Waals surface area (Å²) in [5.41, 5.74) is 6.43. The zero-order valence-electron chi connectivity index (χ0n) is 8.19. The number of anilines is 1. The highest BCUT2D eigenvalue weighted by molar-refractivity contribution is 8.00. The fourth-order valence-electron chi connectivity index (χ4n) is 1.03. The Hall–Kier alpha value is -1.16. The van der Waals surface area contributed by atoms with Crippen molar-refractivity contribution < 1.29 is 9.53 Å². The molecular weight excluding hydrogens is 198 g/mol. The lowest BCUT2D eigenvalue weighted by molar-refractivity contribution is -0.107. The fourth-order valence-corrected chi connectivity index (χ4v) is 1.87. The number of carbonyl (C=O) groups is 1. The summed E-state index contributed by atoms with van der Waals surface area (Å²) < 4.78 is 5.07. The molecule has 1 rings (SSSR count). The predicted molar refractivity (Wildman–Crippen MR) is 58.8 cm³/mol. The Morgan fingerprint density at radius 1 is 1.57 bits per heavy atom. The molecule has 0 radical (unpaired) electrons. The molecule has 1 unspecified atom stereocenters. The maximum absolute atomic E-state index is 10.5. The van der Waals surface area contributed by atoms with Gasteiger partial charge in [0.25, 0.3) is 0 Å². The summed E-state index contributed by atoms with van der Waals surface area (Å²) in [6, 6.07) is 5.53. The molecule has 1 aromatic carbocycles. The topological polar surface area (TPSA) is 52.3 Å². The number of nitrogen functional groups attached to an aromatic ring is 1. The van der Waals surface area contributed by atoms with Gasteiger partial charge in [-0.2, -0.15) is 0 Å². The molecule has 0 aromatic heterocycles. The molecule has 4 heteroatoms. The molecule has 0 saturated heterocycles. The number of nitrogens with two attached hydrogens (primary N) is 1. The third kappa shape index (κ3) is 2.42.